The van der Waals surface area contributed by atoms with Crippen molar-refractivity contribution >= 4 is 0 Å². The molecule has 0 saturated heterocycles. The number of nitrogens with zero attached hydrogens (tertiary/aromatic N) is 1. The molecule has 0 aliphatic heterocycles. The highest BCUT2D eigenvalue weighted by Gasteiger charge is 2.25. The minimum atomic E-state index is 0.238. The summed E-state index contributed by atoms with van der Waals surface area (Å²) in [5, 5.41) is 12.8. The molecule has 0 aliphatic rings. The normalized spacial score (nSPS) is 13.0. The second kappa shape index (κ2) is 8.89. The molecule has 0 aliphatic carbocycles. The topological polar surface area (TPSA) is 35.5 Å². The molecule has 18 heavy (non-hydrogen) atoms. The lowest BCUT2D eigenvalue weighted by Crippen LogP contribution is -2.46. The number of rotatable bonds is 10. The maximum atomic E-state index is 9.23. The van der Waals surface area contributed by atoms with Crippen molar-refractivity contribution in [3.63, 3.8) is 0 Å². The SMILES string of the molecule is CCC(CC)N(CCO)CC(C)(C)CNC(C)C. The summed E-state index contributed by atoms with van der Waals surface area (Å²) < 4.78 is 0. The van der Waals surface area contributed by atoms with Gasteiger partial charge in [0, 0.05) is 31.7 Å². The van der Waals surface area contributed by atoms with Gasteiger partial charge in [-0.2, -0.15) is 0 Å². The van der Waals surface area contributed by atoms with Gasteiger partial charge in [-0.15, -0.1) is 0 Å². The molecule has 0 aromatic carbocycles. The number of hydrogen-bond donors (Lipinski definition) is 2. The first-order valence-electron chi connectivity index (χ1n) is 7.44. The Morgan fingerprint density at radius 3 is 2.11 bits per heavy atom. The van der Waals surface area contributed by atoms with E-state index >= 15 is 0 Å². The minimum absolute atomic E-state index is 0.238. The van der Waals surface area contributed by atoms with Crippen molar-refractivity contribution in [2.45, 2.75) is 66.5 Å². The van der Waals surface area contributed by atoms with Crippen LogP contribution in [0.4, 0.5) is 0 Å². The fourth-order valence-electron chi connectivity index (χ4n) is 2.41. The van der Waals surface area contributed by atoms with Crippen LogP contribution in [0.15, 0.2) is 0 Å². The number of aliphatic hydroxyl groups is 1. The van der Waals surface area contributed by atoms with E-state index in [0.717, 1.165) is 32.5 Å². The lowest BCUT2D eigenvalue weighted by molar-refractivity contribution is 0.0960. The zero-order valence-corrected chi connectivity index (χ0v) is 13.3. The summed E-state index contributed by atoms with van der Waals surface area (Å²) in [6.45, 7) is 16.5. The average Bonchev–Trinajstić information content (AvgIpc) is 2.28. The van der Waals surface area contributed by atoms with Crippen LogP contribution >= 0.6 is 0 Å². The predicted octanol–water partition coefficient (Wildman–Crippen LogP) is 2.49. The summed E-state index contributed by atoms with van der Waals surface area (Å²) in [5.41, 5.74) is 0.238. The van der Waals surface area contributed by atoms with Crippen LogP contribution in [0.5, 0.6) is 0 Å². The van der Waals surface area contributed by atoms with Gasteiger partial charge in [0.05, 0.1) is 6.61 Å². The second-order valence-corrected chi connectivity index (χ2v) is 6.36. The molecule has 0 amide bonds. The second-order valence-electron chi connectivity index (χ2n) is 6.36. The molecule has 0 heterocycles. The number of aliphatic hydroxyl groups excluding tert-OH is 1. The molecule has 3 heteroatoms. The number of hydrogen-bond acceptors (Lipinski definition) is 3. The fraction of sp³-hybridized carbons (Fsp3) is 1.00. The van der Waals surface area contributed by atoms with E-state index < -0.39 is 0 Å². The molecule has 0 radical (unpaired) electrons. The van der Waals surface area contributed by atoms with E-state index in [9.17, 15) is 5.11 Å². The van der Waals surface area contributed by atoms with E-state index in [1.54, 1.807) is 0 Å². The van der Waals surface area contributed by atoms with Crippen LogP contribution in [0.3, 0.4) is 0 Å². The standard InChI is InChI=1S/C15H34N2O/c1-7-14(8-2)17(9-10-18)12-15(5,6)11-16-13(3)4/h13-14,16,18H,7-12H2,1-6H3. The van der Waals surface area contributed by atoms with Gasteiger partial charge < -0.3 is 10.4 Å². The molecule has 0 fully saturated rings. The monoisotopic (exact) mass is 258 g/mol. The van der Waals surface area contributed by atoms with E-state index in [-0.39, 0.29) is 12.0 Å². The Labute approximate surface area is 114 Å². The van der Waals surface area contributed by atoms with Gasteiger partial charge in [0.1, 0.15) is 0 Å². The third-order valence-electron chi connectivity index (χ3n) is 3.47. The quantitative estimate of drug-likeness (QED) is 0.632. The Bertz CT molecular complexity index is 201. The molecule has 0 unspecified atom stereocenters. The molecule has 3 nitrogen and oxygen atoms in total. The van der Waals surface area contributed by atoms with E-state index in [2.05, 4.69) is 51.8 Å². The van der Waals surface area contributed by atoms with Crippen LogP contribution in [0.1, 0.15) is 54.4 Å². The molecule has 0 bridgehead atoms. The van der Waals surface area contributed by atoms with Gasteiger partial charge in [-0.25, -0.2) is 0 Å². The van der Waals surface area contributed by atoms with Gasteiger partial charge in [-0.3, -0.25) is 4.90 Å². The Morgan fingerprint density at radius 1 is 1.17 bits per heavy atom. The Morgan fingerprint density at radius 2 is 1.72 bits per heavy atom. The number of nitrogens with one attached hydrogen (secondary N) is 1. The third-order valence-corrected chi connectivity index (χ3v) is 3.47. The summed E-state index contributed by atoms with van der Waals surface area (Å²) in [7, 11) is 0. The smallest absolute Gasteiger partial charge is 0.0558 e. The first kappa shape index (κ1) is 17.9. The first-order chi connectivity index (χ1) is 8.36. The van der Waals surface area contributed by atoms with Crippen molar-refractivity contribution in [2.75, 3.05) is 26.2 Å². The predicted molar refractivity (Wildman–Crippen MR) is 79.9 cm³/mol. The molecule has 0 saturated carbocycles. The summed E-state index contributed by atoms with van der Waals surface area (Å²) in [5.74, 6) is 0. The van der Waals surface area contributed by atoms with Crippen molar-refractivity contribution in [3.05, 3.63) is 0 Å². The average molecular weight is 258 g/mol. The summed E-state index contributed by atoms with van der Waals surface area (Å²) in [4.78, 5) is 2.45. The van der Waals surface area contributed by atoms with Crippen LogP contribution in [-0.4, -0.2) is 48.3 Å². The van der Waals surface area contributed by atoms with Gasteiger partial charge in [0.2, 0.25) is 0 Å². The molecule has 110 valence electrons. The molecule has 0 rings (SSSR count). The highest BCUT2D eigenvalue weighted by atomic mass is 16.3. The lowest BCUT2D eigenvalue weighted by Gasteiger charge is -2.37. The third kappa shape index (κ3) is 7.34. The fourth-order valence-corrected chi connectivity index (χ4v) is 2.41. The maximum absolute atomic E-state index is 9.23. The van der Waals surface area contributed by atoms with E-state index in [4.69, 9.17) is 0 Å². The van der Waals surface area contributed by atoms with Crippen LogP contribution in [-0.2, 0) is 0 Å². The van der Waals surface area contributed by atoms with Gasteiger partial charge in [0.15, 0.2) is 0 Å². The Kier molecular flexibility index (Phi) is 8.83. The van der Waals surface area contributed by atoms with E-state index in [1.807, 2.05) is 0 Å². The molecule has 0 aromatic rings. The molecule has 0 atom stereocenters. The van der Waals surface area contributed by atoms with Gasteiger partial charge in [-0.05, 0) is 18.3 Å². The van der Waals surface area contributed by atoms with Crippen molar-refractivity contribution in [3.8, 4) is 0 Å². The van der Waals surface area contributed by atoms with Gasteiger partial charge in [0.25, 0.3) is 0 Å². The van der Waals surface area contributed by atoms with Gasteiger partial charge >= 0.3 is 0 Å². The van der Waals surface area contributed by atoms with E-state index in [1.165, 1.54) is 0 Å². The highest BCUT2D eigenvalue weighted by molar-refractivity contribution is 4.80. The van der Waals surface area contributed by atoms with Gasteiger partial charge in [-0.1, -0.05) is 41.5 Å². The van der Waals surface area contributed by atoms with E-state index in [0.29, 0.717) is 12.1 Å². The summed E-state index contributed by atoms with van der Waals surface area (Å²) in [6, 6.07) is 1.12. The molecular formula is C15H34N2O. The minimum Gasteiger partial charge on any atom is -0.395 e. The van der Waals surface area contributed by atoms with Crippen molar-refractivity contribution in [1.29, 1.82) is 0 Å². The molecule has 2 N–H and O–H groups in total. The van der Waals surface area contributed by atoms with Crippen LogP contribution in [0, 0.1) is 5.41 Å². The summed E-state index contributed by atoms with van der Waals surface area (Å²) in [6.07, 6.45) is 2.31. The Hall–Kier alpha value is -0.120. The Balaban J connectivity index is 4.44. The van der Waals surface area contributed by atoms with Crippen LogP contribution < -0.4 is 5.32 Å². The molecular weight excluding hydrogens is 224 g/mol. The molecule has 0 spiro atoms. The van der Waals surface area contributed by atoms with Crippen LogP contribution in [0.2, 0.25) is 0 Å². The highest BCUT2D eigenvalue weighted by Crippen LogP contribution is 2.20. The zero-order valence-electron chi connectivity index (χ0n) is 13.3. The lowest BCUT2D eigenvalue weighted by atomic mass is 9.91. The first-order valence-corrected chi connectivity index (χ1v) is 7.44. The van der Waals surface area contributed by atoms with Crippen molar-refractivity contribution in [2.24, 2.45) is 5.41 Å². The van der Waals surface area contributed by atoms with Crippen molar-refractivity contribution in [1.82, 2.24) is 10.2 Å². The maximum Gasteiger partial charge on any atom is 0.0558 e. The van der Waals surface area contributed by atoms with Crippen molar-refractivity contribution < 1.29 is 5.11 Å². The molecule has 0 aromatic heterocycles. The largest absolute Gasteiger partial charge is 0.395 e. The van der Waals surface area contributed by atoms with Crippen LogP contribution in [0.25, 0.3) is 0 Å². The summed E-state index contributed by atoms with van der Waals surface area (Å²) >= 11 is 0. The zero-order chi connectivity index (χ0) is 14.2.